The van der Waals surface area contributed by atoms with Crippen molar-refractivity contribution in [3.05, 3.63) is 66.1 Å². The molecule has 144 valence electrons. The van der Waals surface area contributed by atoms with Gasteiger partial charge in [-0.25, -0.2) is 0 Å². The number of thioether (sulfide) groups is 1. The summed E-state index contributed by atoms with van der Waals surface area (Å²) >= 11 is 1.20. The molecular weight excluding hydrogens is 376 g/mol. The second kappa shape index (κ2) is 9.18. The molecular formula is C20H20N4O3S. The molecule has 2 aromatic carbocycles. The first kappa shape index (κ1) is 19.6. The van der Waals surface area contributed by atoms with Crippen LogP contribution >= 0.6 is 11.8 Å². The van der Waals surface area contributed by atoms with Crippen molar-refractivity contribution in [2.75, 3.05) is 10.6 Å². The summed E-state index contributed by atoms with van der Waals surface area (Å²) in [5.74, 6) is 0.183. The van der Waals surface area contributed by atoms with Crippen molar-refractivity contribution >= 4 is 35.0 Å². The fourth-order valence-electron chi connectivity index (χ4n) is 2.42. The van der Waals surface area contributed by atoms with E-state index in [2.05, 4.69) is 20.8 Å². The van der Waals surface area contributed by atoms with Gasteiger partial charge in [0.15, 0.2) is 0 Å². The zero-order valence-electron chi connectivity index (χ0n) is 15.5. The first-order valence-corrected chi connectivity index (χ1v) is 9.59. The van der Waals surface area contributed by atoms with Crippen LogP contribution in [0.25, 0.3) is 0 Å². The summed E-state index contributed by atoms with van der Waals surface area (Å²) in [6.07, 6.45) is 0.551. The monoisotopic (exact) mass is 396 g/mol. The van der Waals surface area contributed by atoms with Crippen LogP contribution in [0.5, 0.6) is 0 Å². The molecule has 0 saturated carbocycles. The normalized spacial score (nSPS) is 11.6. The average Bonchev–Trinajstić information content (AvgIpc) is 3.10. The van der Waals surface area contributed by atoms with Gasteiger partial charge < -0.3 is 15.1 Å². The lowest BCUT2D eigenvalue weighted by atomic mass is 10.2. The molecule has 2 amide bonds. The van der Waals surface area contributed by atoms with Crippen LogP contribution in [-0.2, 0) is 16.0 Å². The quantitative estimate of drug-likeness (QED) is 0.591. The average molecular weight is 396 g/mol. The van der Waals surface area contributed by atoms with E-state index >= 15 is 0 Å². The fraction of sp³-hybridized carbons (Fsp3) is 0.200. The van der Waals surface area contributed by atoms with Crippen LogP contribution in [0.1, 0.15) is 25.3 Å². The molecule has 1 heterocycles. The Kier molecular flexibility index (Phi) is 6.44. The van der Waals surface area contributed by atoms with Crippen LogP contribution < -0.4 is 10.6 Å². The van der Waals surface area contributed by atoms with E-state index in [1.807, 2.05) is 30.3 Å². The standard InChI is InChI=1S/C20H20N4O3S/c1-13(19(26)22-17-10-8-16(9-11-17)21-14(2)25)28-20-24-23-18(27-20)12-15-6-4-3-5-7-15/h3-11,13H,12H2,1-2H3,(H,21,25)(H,22,26)/t13-/m1/s1. The molecule has 28 heavy (non-hydrogen) atoms. The summed E-state index contributed by atoms with van der Waals surface area (Å²) in [4.78, 5) is 23.4. The van der Waals surface area contributed by atoms with Crippen molar-refractivity contribution in [1.82, 2.24) is 10.2 Å². The second-order valence-electron chi connectivity index (χ2n) is 6.13. The molecule has 0 aliphatic rings. The summed E-state index contributed by atoms with van der Waals surface area (Å²) in [6, 6.07) is 16.7. The summed E-state index contributed by atoms with van der Waals surface area (Å²) in [5.41, 5.74) is 2.39. The molecule has 0 radical (unpaired) electrons. The van der Waals surface area contributed by atoms with Crippen molar-refractivity contribution in [2.45, 2.75) is 30.7 Å². The lowest BCUT2D eigenvalue weighted by molar-refractivity contribution is -0.115. The van der Waals surface area contributed by atoms with Crippen LogP contribution in [0.4, 0.5) is 11.4 Å². The van der Waals surface area contributed by atoms with Gasteiger partial charge >= 0.3 is 0 Å². The van der Waals surface area contributed by atoms with Gasteiger partial charge in [-0.1, -0.05) is 42.1 Å². The van der Waals surface area contributed by atoms with Gasteiger partial charge in [0.25, 0.3) is 5.22 Å². The number of aromatic nitrogens is 2. The van der Waals surface area contributed by atoms with E-state index < -0.39 is 5.25 Å². The smallest absolute Gasteiger partial charge is 0.277 e. The maximum Gasteiger partial charge on any atom is 0.277 e. The third-order valence-corrected chi connectivity index (χ3v) is 4.70. The number of nitrogens with one attached hydrogen (secondary N) is 2. The zero-order valence-corrected chi connectivity index (χ0v) is 16.3. The number of carbonyl (C=O) groups excluding carboxylic acids is 2. The van der Waals surface area contributed by atoms with Crippen LogP contribution in [0.3, 0.4) is 0 Å². The van der Waals surface area contributed by atoms with E-state index in [9.17, 15) is 9.59 Å². The summed E-state index contributed by atoms with van der Waals surface area (Å²) in [5, 5.41) is 13.5. The largest absolute Gasteiger partial charge is 0.416 e. The molecule has 0 spiro atoms. The maximum absolute atomic E-state index is 12.4. The van der Waals surface area contributed by atoms with E-state index in [1.165, 1.54) is 18.7 Å². The highest BCUT2D eigenvalue weighted by atomic mass is 32.2. The minimum atomic E-state index is -0.417. The maximum atomic E-state index is 12.4. The van der Waals surface area contributed by atoms with Gasteiger partial charge in [0, 0.05) is 18.3 Å². The molecule has 7 nitrogen and oxygen atoms in total. The minimum absolute atomic E-state index is 0.145. The Balaban J connectivity index is 1.53. The number of anilines is 2. The molecule has 1 aromatic heterocycles. The summed E-state index contributed by atoms with van der Waals surface area (Å²) in [7, 11) is 0. The van der Waals surface area contributed by atoms with Crippen LogP contribution in [-0.4, -0.2) is 27.3 Å². The van der Waals surface area contributed by atoms with E-state index in [0.29, 0.717) is 28.9 Å². The number of benzene rings is 2. The van der Waals surface area contributed by atoms with E-state index in [1.54, 1.807) is 31.2 Å². The number of hydrogen-bond acceptors (Lipinski definition) is 6. The molecule has 8 heteroatoms. The molecule has 0 aliphatic heterocycles. The third kappa shape index (κ3) is 5.68. The molecule has 3 aromatic rings. The molecule has 0 saturated heterocycles. The van der Waals surface area contributed by atoms with Gasteiger partial charge in [-0.3, -0.25) is 9.59 Å². The van der Waals surface area contributed by atoms with Crippen LogP contribution in [0.15, 0.2) is 64.2 Å². The van der Waals surface area contributed by atoms with Gasteiger partial charge in [0.2, 0.25) is 17.7 Å². The van der Waals surface area contributed by atoms with Gasteiger partial charge in [-0.15, -0.1) is 10.2 Å². The third-order valence-electron chi connectivity index (χ3n) is 3.77. The van der Waals surface area contributed by atoms with Crippen molar-refractivity contribution in [3.8, 4) is 0 Å². The predicted octanol–water partition coefficient (Wildman–Crippen LogP) is 3.74. The van der Waals surface area contributed by atoms with Gasteiger partial charge in [0.1, 0.15) is 0 Å². The Hall–Kier alpha value is -3.13. The summed E-state index contributed by atoms with van der Waals surface area (Å²) < 4.78 is 5.63. The minimum Gasteiger partial charge on any atom is -0.416 e. The highest BCUT2D eigenvalue weighted by Gasteiger charge is 2.18. The number of carbonyl (C=O) groups is 2. The Bertz CT molecular complexity index is 942. The molecule has 0 unspecified atom stereocenters. The first-order chi connectivity index (χ1) is 13.5. The topological polar surface area (TPSA) is 97.1 Å². The molecule has 2 N–H and O–H groups in total. The SMILES string of the molecule is CC(=O)Nc1ccc(NC(=O)[C@@H](C)Sc2nnc(Cc3ccccc3)o2)cc1. The predicted molar refractivity (Wildman–Crippen MR) is 108 cm³/mol. The number of amides is 2. The highest BCUT2D eigenvalue weighted by molar-refractivity contribution is 8.00. The van der Waals surface area contributed by atoms with E-state index in [0.717, 1.165) is 5.56 Å². The van der Waals surface area contributed by atoms with Crippen molar-refractivity contribution in [3.63, 3.8) is 0 Å². The van der Waals surface area contributed by atoms with Crippen molar-refractivity contribution in [1.29, 1.82) is 0 Å². The van der Waals surface area contributed by atoms with Gasteiger partial charge in [0.05, 0.1) is 11.7 Å². The van der Waals surface area contributed by atoms with Crippen LogP contribution in [0.2, 0.25) is 0 Å². The fourth-order valence-corrected chi connectivity index (χ4v) is 3.12. The molecule has 1 atom stereocenters. The van der Waals surface area contributed by atoms with E-state index in [4.69, 9.17) is 4.42 Å². The Morgan fingerprint density at radius 1 is 1.00 bits per heavy atom. The number of nitrogens with zero attached hydrogens (tertiary/aromatic N) is 2. The Morgan fingerprint density at radius 2 is 1.64 bits per heavy atom. The van der Waals surface area contributed by atoms with Gasteiger partial charge in [-0.05, 0) is 36.8 Å². The van der Waals surface area contributed by atoms with E-state index in [-0.39, 0.29) is 11.8 Å². The lowest BCUT2D eigenvalue weighted by Gasteiger charge is -2.10. The number of rotatable bonds is 7. The number of hydrogen-bond donors (Lipinski definition) is 2. The Labute approximate surface area is 166 Å². The summed E-state index contributed by atoms with van der Waals surface area (Å²) in [6.45, 7) is 3.21. The van der Waals surface area contributed by atoms with Crippen molar-refractivity contribution < 1.29 is 14.0 Å². The Morgan fingerprint density at radius 3 is 2.29 bits per heavy atom. The zero-order chi connectivity index (χ0) is 19.9. The molecule has 0 aliphatic carbocycles. The first-order valence-electron chi connectivity index (χ1n) is 8.71. The van der Waals surface area contributed by atoms with Crippen LogP contribution in [0, 0.1) is 0 Å². The molecule has 3 rings (SSSR count). The second-order valence-corrected chi connectivity index (χ2v) is 7.42. The van der Waals surface area contributed by atoms with Gasteiger partial charge in [-0.2, -0.15) is 0 Å². The molecule has 0 bridgehead atoms. The highest BCUT2D eigenvalue weighted by Crippen LogP contribution is 2.24. The molecule has 0 fully saturated rings. The van der Waals surface area contributed by atoms with Crippen molar-refractivity contribution in [2.24, 2.45) is 0 Å². The lowest BCUT2D eigenvalue weighted by Crippen LogP contribution is -2.22.